The molecule has 1 heteroatoms. The maximum atomic E-state index is 5.27. The van der Waals surface area contributed by atoms with Gasteiger partial charge in [0.1, 0.15) is 0 Å². The van der Waals surface area contributed by atoms with E-state index in [2.05, 4.69) is 13.8 Å². The Morgan fingerprint density at radius 2 is 0.594 bits per heavy atom. The maximum Gasteiger partial charge on any atom is 0.0836 e. The van der Waals surface area contributed by atoms with Crippen molar-refractivity contribution >= 4 is 0 Å². The highest BCUT2D eigenvalue weighted by atomic mass is 16.5. The Hall–Kier alpha value is -0.0400. The smallest absolute Gasteiger partial charge is 0.0836 e. The summed E-state index contributed by atoms with van der Waals surface area (Å²) in [6, 6.07) is 0. The van der Waals surface area contributed by atoms with Crippen LogP contribution in [0.3, 0.4) is 0 Å². The molecule has 0 saturated carbocycles. The summed E-state index contributed by atoms with van der Waals surface area (Å²) in [7, 11) is 0. The summed E-state index contributed by atoms with van der Waals surface area (Å²) < 4.78 is 5.27. The minimum Gasteiger partial charge on any atom is -0.376 e. The molecule has 0 aromatic heterocycles. The summed E-state index contributed by atoms with van der Waals surface area (Å²) in [5.41, 5.74) is 0. The summed E-state index contributed by atoms with van der Waals surface area (Å²) >= 11 is 0. The number of rotatable bonds is 29. The van der Waals surface area contributed by atoms with Gasteiger partial charge in [-0.15, -0.1) is 0 Å². The van der Waals surface area contributed by atoms with Gasteiger partial charge in [0.15, 0.2) is 0 Å². The lowest BCUT2D eigenvalue weighted by molar-refractivity contribution is 0.205. The van der Waals surface area contributed by atoms with Crippen molar-refractivity contribution in [2.75, 3.05) is 6.61 Å². The zero-order valence-corrected chi connectivity index (χ0v) is 22.8. The predicted molar refractivity (Wildman–Crippen MR) is 146 cm³/mol. The molecular weight excluding hydrogens is 388 g/mol. The molecule has 0 N–H and O–H groups in total. The molecular formula is C31H63O. The first kappa shape index (κ1) is 32.0. The number of unbranched alkanes of at least 4 members (excludes halogenated alkanes) is 26. The molecule has 0 rings (SSSR count). The molecule has 0 aliphatic carbocycles. The topological polar surface area (TPSA) is 9.23 Å². The number of ether oxygens (including phenoxy) is 1. The van der Waals surface area contributed by atoms with E-state index in [0.29, 0.717) is 0 Å². The van der Waals surface area contributed by atoms with Crippen molar-refractivity contribution in [2.45, 2.75) is 187 Å². The third-order valence-electron chi connectivity index (χ3n) is 6.96. The van der Waals surface area contributed by atoms with Gasteiger partial charge >= 0.3 is 0 Å². The van der Waals surface area contributed by atoms with E-state index in [4.69, 9.17) is 4.74 Å². The van der Waals surface area contributed by atoms with Gasteiger partial charge in [-0.1, -0.05) is 174 Å². The predicted octanol–water partition coefficient (Wildman–Crippen LogP) is 11.7. The Labute approximate surface area is 205 Å². The molecule has 0 fully saturated rings. The molecule has 1 nitrogen and oxygen atoms in total. The van der Waals surface area contributed by atoms with Gasteiger partial charge in [0, 0.05) is 6.61 Å². The fourth-order valence-corrected chi connectivity index (χ4v) is 4.74. The minimum atomic E-state index is 0.819. The summed E-state index contributed by atoms with van der Waals surface area (Å²) in [6.45, 7) is 7.16. The van der Waals surface area contributed by atoms with Gasteiger partial charge in [-0.25, -0.2) is 0 Å². The number of hydrogen-bond acceptors (Lipinski definition) is 1. The largest absolute Gasteiger partial charge is 0.376 e. The highest BCUT2D eigenvalue weighted by Gasteiger charge is 1.96. The van der Waals surface area contributed by atoms with E-state index in [1.54, 1.807) is 0 Å². The molecule has 0 aliphatic heterocycles. The summed E-state index contributed by atoms with van der Waals surface area (Å²) in [5.74, 6) is 0. The first-order chi connectivity index (χ1) is 15.9. The van der Waals surface area contributed by atoms with Gasteiger partial charge < -0.3 is 4.74 Å². The first-order valence-corrected chi connectivity index (χ1v) is 15.3. The van der Waals surface area contributed by atoms with Crippen LogP contribution in [-0.4, -0.2) is 6.61 Å². The molecule has 0 spiro atoms. The fourth-order valence-electron chi connectivity index (χ4n) is 4.74. The van der Waals surface area contributed by atoms with Crippen LogP contribution in [0.1, 0.15) is 187 Å². The lowest BCUT2D eigenvalue weighted by Crippen LogP contribution is -1.87. The highest BCUT2D eigenvalue weighted by molar-refractivity contribution is 4.54. The molecule has 0 heterocycles. The van der Waals surface area contributed by atoms with E-state index in [1.165, 1.54) is 167 Å². The number of hydrogen-bond donors (Lipinski definition) is 0. The molecule has 0 aliphatic rings. The van der Waals surface area contributed by atoms with Crippen molar-refractivity contribution in [2.24, 2.45) is 0 Å². The summed E-state index contributed by atoms with van der Waals surface area (Å²) in [4.78, 5) is 0. The van der Waals surface area contributed by atoms with Crippen LogP contribution >= 0.6 is 0 Å². The van der Waals surface area contributed by atoms with Crippen molar-refractivity contribution in [1.82, 2.24) is 0 Å². The standard InChI is InChI=1S/C31H63O/c1-3-5-6-7-8-9-10-11-12-13-14-15-16-17-18-19-20-21-22-23-24-25-26-27-28-29-30-31-32-4-2/h31H,3-30H2,1-2H3. The minimum absolute atomic E-state index is 0.819. The zero-order chi connectivity index (χ0) is 23.2. The molecule has 0 aromatic carbocycles. The fraction of sp³-hybridized carbons (Fsp3) is 0.968. The van der Waals surface area contributed by atoms with E-state index in [-0.39, 0.29) is 0 Å². The maximum absolute atomic E-state index is 5.27. The van der Waals surface area contributed by atoms with Gasteiger partial charge in [-0.3, -0.25) is 0 Å². The SMILES string of the molecule is CCCCCCCCCCCCCCCCCCCCCCCCCCCC[CH]OCC. The van der Waals surface area contributed by atoms with Crippen LogP contribution in [0.4, 0.5) is 0 Å². The second-order valence-corrected chi connectivity index (χ2v) is 10.2. The normalized spacial score (nSPS) is 11.4. The Bertz CT molecular complexity index is 271. The Morgan fingerprint density at radius 1 is 0.344 bits per heavy atom. The molecule has 0 saturated heterocycles. The van der Waals surface area contributed by atoms with Gasteiger partial charge in [0.25, 0.3) is 0 Å². The Morgan fingerprint density at radius 3 is 0.844 bits per heavy atom. The quantitative estimate of drug-likeness (QED) is 0.103. The van der Waals surface area contributed by atoms with Crippen LogP contribution in [-0.2, 0) is 4.74 Å². The van der Waals surface area contributed by atoms with E-state index in [0.717, 1.165) is 13.0 Å². The second-order valence-electron chi connectivity index (χ2n) is 10.2. The van der Waals surface area contributed by atoms with E-state index in [9.17, 15) is 0 Å². The monoisotopic (exact) mass is 451 g/mol. The van der Waals surface area contributed by atoms with E-state index >= 15 is 0 Å². The molecule has 193 valence electrons. The van der Waals surface area contributed by atoms with Gasteiger partial charge in [0.05, 0.1) is 6.61 Å². The summed E-state index contributed by atoms with van der Waals surface area (Å²) in [5, 5.41) is 0. The zero-order valence-electron chi connectivity index (χ0n) is 22.8. The lowest BCUT2D eigenvalue weighted by atomic mass is 10.0. The third kappa shape index (κ3) is 30.0. The first-order valence-electron chi connectivity index (χ1n) is 15.3. The van der Waals surface area contributed by atoms with Gasteiger partial charge in [-0.2, -0.15) is 0 Å². The van der Waals surface area contributed by atoms with Crippen LogP contribution in [0.5, 0.6) is 0 Å². The molecule has 32 heavy (non-hydrogen) atoms. The average Bonchev–Trinajstić information content (AvgIpc) is 2.81. The second kappa shape index (κ2) is 31.0. The van der Waals surface area contributed by atoms with Crippen LogP contribution in [0.15, 0.2) is 0 Å². The molecule has 1 radical (unpaired) electrons. The van der Waals surface area contributed by atoms with Crippen molar-refractivity contribution < 1.29 is 4.74 Å². The van der Waals surface area contributed by atoms with E-state index in [1.807, 2.05) is 6.61 Å². The summed E-state index contributed by atoms with van der Waals surface area (Å²) in [6.07, 6.45) is 39.1. The third-order valence-corrected chi connectivity index (χ3v) is 6.96. The molecule has 0 unspecified atom stereocenters. The highest BCUT2D eigenvalue weighted by Crippen LogP contribution is 2.16. The molecule has 0 atom stereocenters. The van der Waals surface area contributed by atoms with Crippen molar-refractivity contribution in [3.8, 4) is 0 Å². The molecule has 0 aromatic rings. The van der Waals surface area contributed by atoms with Gasteiger partial charge in [-0.05, 0) is 13.3 Å². The van der Waals surface area contributed by atoms with Crippen LogP contribution < -0.4 is 0 Å². The molecule has 0 amide bonds. The average molecular weight is 452 g/mol. The van der Waals surface area contributed by atoms with Crippen molar-refractivity contribution in [3.63, 3.8) is 0 Å². The van der Waals surface area contributed by atoms with Crippen LogP contribution in [0, 0.1) is 6.61 Å². The van der Waals surface area contributed by atoms with Crippen molar-refractivity contribution in [3.05, 3.63) is 6.61 Å². The Kier molecular flexibility index (Phi) is 30.9. The van der Waals surface area contributed by atoms with Crippen molar-refractivity contribution in [1.29, 1.82) is 0 Å². The Balaban J connectivity index is 2.98. The van der Waals surface area contributed by atoms with Crippen LogP contribution in [0.25, 0.3) is 0 Å². The molecule has 0 bridgehead atoms. The van der Waals surface area contributed by atoms with Gasteiger partial charge in [0.2, 0.25) is 0 Å². The van der Waals surface area contributed by atoms with E-state index < -0.39 is 0 Å². The lowest BCUT2D eigenvalue weighted by Gasteiger charge is -2.04. The van der Waals surface area contributed by atoms with Crippen LogP contribution in [0.2, 0.25) is 0 Å².